The summed E-state index contributed by atoms with van der Waals surface area (Å²) in [7, 11) is 3.48. The van der Waals surface area contributed by atoms with Gasteiger partial charge in [-0.2, -0.15) is 0 Å². The van der Waals surface area contributed by atoms with E-state index in [0.29, 0.717) is 6.54 Å². The summed E-state index contributed by atoms with van der Waals surface area (Å²) in [5.41, 5.74) is 0. The van der Waals surface area contributed by atoms with Crippen molar-refractivity contribution in [3.05, 3.63) is 18.2 Å². The van der Waals surface area contributed by atoms with Crippen molar-refractivity contribution < 1.29 is 14.7 Å². The molecular weight excluding hydrogens is 248 g/mol. The quantitative estimate of drug-likeness (QED) is 0.855. The lowest BCUT2D eigenvalue weighted by Gasteiger charge is -2.29. The van der Waals surface area contributed by atoms with Crippen molar-refractivity contribution in [1.82, 2.24) is 19.4 Å². The third-order valence-corrected chi connectivity index (χ3v) is 2.80. The molecule has 2 amide bonds. The Morgan fingerprint density at radius 2 is 2.11 bits per heavy atom. The predicted octanol–water partition coefficient (Wildman–Crippen LogP) is 0.767. The first-order chi connectivity index (χ1) is 8.82. The molecule has 0 fully saturated rings. The molecule has 1 heterocycles. The van der Waals surface area contributed by atoms with Gasteiger partial charge >= 0.3 is 12.0 Å². The van der Waals surface area contributed by atoms with Crippen molar-refractivity contribution in [1.29, 1.82) is 0 Å². The molecule has 0 aromatic carbocycles. The van der Waals surface area contributed by atoms with Crippen molar-refractivity contribution in [3.63, 3.8) is 0 Å². The van der Waals surface area contributed by atoms with E-state index in [4.69, 9.17) is 5.11 Å². The lowest BCUT2D eigenvalue weighted by atomic mass is 10.3. The molecule has 0 saturated heterocycles. The standard InChI is InChI=1S/C12H20N4O3/c1-9(2)16(8-11(17)18)12(19)15(4)7-10-13-5-6-14(10)3/h5-6,9H,7-8H2,1-4H3,(H,17,18). The van der Waals surface area contributed by atoms with E-state index >= 15 is 0 Å². The third kappa shape index (κ3) is 3.97. The molecule has 1 aromatic heterocycles. The Balaban J connectivity index is 2.73. The van der Waals surface area contributed by atoms with Crippen molar-refractivity contribution in [2.75, 3.05) is 13.6 Å². The summed E-state index contributed by atoms with van der Waals surface area (Å²) in [5.74, 6) is -0.276. The van der Waals surface area contributed by atoms with Gasteiger partial charge in [0.15, 0.2) is 0 Å². The van der Waals surface area contributed by atoms with Crippen LogP contribution in [-0.2, 0) is 18.4 Å². The van der Waals surface area contributed by atoms with Gasteiger partial charge in [0, 0.05) is 32.5 Å². The topological polar surface area (TPSA) is 78.7 Å². The minimum Gasteiger partial charge on any atom is -0.480 e. The van der Waals surface area contributed by atoms with E-state index in [9.17, 15) is 9.59 Å². The fourth-order valence-electron chi connectivity index (χ4n) is 1.66. The molecule has 0 radical (unpaired) electrons. The normalized spacial score (nSPS) is 10.6. The highest BCUT2D eigenvalue weighted by Gasteiger charge is 2.23. The predicted molar refractivity (Wildman–Crippen MR) is 69.5 cm³/mol. The highest BCUT2D eigenvalue weighted by Crippen LogP contribution is 2.07. The maximum Gasteiger partial charge on any atom is 0.323 e. The van der Waals surface area contributed by atoms with Gasteiger partial charge in [-0.1, -0.05) is 0 Å². The van der Waals surface area contributed by atoms with Crippen molar-refractivity contribution >= 4 is 12.0 Å². The second-order valence-electron chi connectivity index (χ2n) is 4.71. The molecule has 7 nitrogen and oxygen atoms in total. The SMILES string of the molecule is CC(C)N(CC(=O)O)C(=O)N(C)Cc1nccn1C. The number of nitrogens with zero attached hydrogens (tertiary/aromatic N) is 4. The maximum absolute atomic E-state index is 12.2. The minimum absolute atomic E-state index is 0.174. The first-order valence-corrected chi connectivity index (χ1v) is 6.02. The molecule has 1 N–H and O–H groups in total. The van der Waals surface area contributed by atoms with Crippen LogP contribution in [0.25, 0.3) is 0 Å². The van der Waals surface area contributed by atoms with Crippen LogP contribution >= 0.6 is 0 Å². The number of carbonyl (C=O) groups excluding carboxylic acids is 1. The van der Waals surface area contributed by atoms with Gasteiger partial charge in [-0.05, 0) is 13.8 Å². The van der Waals surface area contributed by atoms with Crippen LogP contribution in [0.15, 0.2) is 12.4 Å². The highest BCUT2D eigenvalue weighted by atomic mass is 16.4. The summed E-state index contributed by atoms with van der Waals surface area (Å²) < 4.78 is 1.82. The van der Waals surface area contributed by atoms with Crippen LogP contribution in [0.2, 0.25) is 0 Å². The first kappa shape index (κ1) is 15.0. The monoisotopic (exact) mass is 268 g/mol. The van der Waals surface area contributed by atoms with Crippen LogP contribution in [0.5, 0.6) is 0 Å². The number of hydrogen-bond donors (Lipinski definition) is 1. The summed E-state index contributed by atoms with van der Waals surface area (Å²) in [4.78, 5) is 29.9. The van der Waals surface area contributed by atoms with E-state index < -0.39 is 5.97 Å². The number of rotatable bonds is 5. The molecule has 0 spiro atoms. The molecule has 0 aliphatic heterocycles. The Morgan fingerprint density at radius 3 is 2.53 bits per heavy atom. The Hall–Kier alpha value is -2.05. The summed E-state index contributed by atoms with van der Waals surface area (Å²) in [6.45, 7) is 3.61. The first-order valence-electron chi connectivity index (χ1n) is 6.02. The van der Waals surface area contributed by atoms with Gasteiger partial charge in [0.05, 0.1) is 6.54 Å². The number of carboxylic acid groups (broad SMARTS) is 1. The number of aromatic nitrogens is 2. The zero-order valence-corrected chi connectivity index (χ0v) is 11.7. The third-order valence-electron chi connectivity index (χ3n) is 2.80. The molecule has 0 aliphatic carbocycles. The van der Waals surface area contributed by atoms with Gasteiger partial charge in [-0.25, -0.2) is 9.78 Å². The molecule has 0 atom stereocenters. The van der Waals surface area contributed by atoms with Crippen LogP contribution < -0.4 is 0 Å². The number of carboxylic acids is 1. The molecular formula is C12H20N4O3. The summed E-state index contributed by atoms with van der Waals surface area (Å²) in [6, 6.07) is -0.493. The van der Waals surface area contributed by atoms with Crippen molar-refractivity contribution in [2.45, 2.75) is 26.4 Å². The van der Waals surface area contributed by atoms with Gasteiger partial charge in [0.25, 0.3) is 0 Å². The molecule has 0 saturated carbocycles. The average molecular weight is 268 g/mol. The van der Waals surface area contributed by atoms with Gasteiger partial charge in [0.1, 0.15) is 12.4 Å². The van der Waals surface area contributed by atoms with Crippen LogP contribution in [-0.4, -0.2) is 56.1 Å². The minimum atomic E-state index is -1.02. The molecule has 1 aromatic rings. The number of amides is 2. The van der Waals surface area contributed by atoms with Crippen molar-refractivity contribution in [2.24, 2.45) is 7.05 Å². The molecule has 106 valence electrons. The molecule has 1 rings (SSSR count). The maximum atomic E-state index is 12.2. The molecule has 7 heteroatoms. The highest BCUT2D eigenvalue weighted by molar-refractivity contribution is 5.80. The largest absolute Gasteiger partial charge is 0.480 e. The summed E-state index contributed by atoms with van der Waals surface area (Å²) in [6.07, 6.45) is 3.45. The molecule has 19 heavy (non-hydrogen) atoms. The lowest BCUT2D eigenvalue weighted by molar-refractivity contribution is -0.138. The number of aliphatic carboxylic acids is 1. The smallest absolute Gasteiger partial charge is 0.323 e. The second-order valence-corrected chi connectivity index (χ2v) is 4.71. The van der Waals surface area contributed by atoms with Crippen molar-refractivity contribution in [3.8, 4) is 0 Å². The Morgan fingerprint density at radius 1 is 1.47 bits per heavy atom. The second kappa shape index (κ2) is 6.21. The number of carbonyl (C=O) groups is 2. The number of hydrogen-bond acceptors (Lipinski definition) is 3. The van der Waals surface area contributed by atoms with Gasteiger partial charge in [-0.3, -0.25) is 4.79 Å². The fraction of sp³-hybridized carbons (Fsp3) is 0.583. The van der Waals surface area contributed by atoms with Crippen LogP contribution in [0.4, 0.5) is 4.79 Å². The van der Waals surface area contributed by atoms with Gasteiger partial charge in [0.2, 0.25) is 0 Å². The Bertz CT molecular complexity index is 456. The van der Waals surface area contributed by atoms with E-state index in [1.165, 1.54) is 9.80 Å². The zero-order chi connectivity index (χ0) is 14.6. The van der Waals surface area contributed by atoms with Crippen LogP contribution in [0, 0.1) is 0 Å². The van der Waals surface area contributed by atoms with E-state index in [2.05, 4.69) is 4.98 Å². The number of aryl methyl sites for hydroxylation is 1. The Kier molecular flexibility index (Phi) is 4.91. The molecule has 0 bridgehead atoms. The zero-order valence-electron chi connectivity index (χ0n) is 11.7. The van der Waals surface area contributed by atoms with Gasteiger partial charge < -0.3 is 19.5 Å². The van der Waals surface area contributed by atoms with Gasteiger partial charge in [-0.15, -0.1) is 0 Å². The van der Waals surface area contributed by atoms with E-state index in [1.54, 1.807) is 33.3 Å². The number of urea groups is 1. The lowest BCUT2D eigenvalue weighted by Crippen LogP contribution is -2.47. The van der Waals surface area contributed by atoms with E-state index in [0.717, 1.165) is 5.82 Å². The fourth-order valence-corrected chi connectivity index (χ4v) is 1.66. The summed E-state index contributed by atoms with van der Waals surface area (Å²) >= 11 is 0. The van der Waals surface area contributed by atoms with Crippen LogP contribution in [0.3, 0.4) is 0 Å². The molecule has 0 aliphatic rings. The van der Waals surface area contributed by atoms with E-state index in [1.807, 2.05) is 11.6 Å². The van der Waals surface area contributed by atoms with Crippen LogP contribution in [0.1, 0.15) is 19.7 Å². The molecule has 0 unspecified atom stereocenters. The van der Waals surface area contributed by atoms with E-state index in [-0.39, 0.29) is 18.6 Å². The number of imidazole rings is 1. The Labute approximate surface area is 112 Å². The summed E-state index contributed by atoms with van der Waals surface area (Å²) in [5, 5.41) is 8.84. The average Bonchev–Trinajstić information content (AvgIpc) is 2.70.